The fourth-order valence-electron chi connectivity index (χ4n) is 17.8. The normalized spacial score (nSPS) is 33.1. The molecular weight excluding hydrogens is 1550 g/mol. The molecule has 0 aromatic carbocycles. The molecule has 0 saturated carbocycles. The Hall–Kier alpha value is -2.84. The lowest BCUT2D eigenvalue weighted by atomic mass is 9.95. The van der Waals surface area contributed by atoms with E-state index in [1.807, 2.05) is 0 Å². The van der Waals surface area contributed by atoms with Gasteiger partial charge in [0.05, 0.1) is 37.1 Å². The first-order valence-corrected chi connectivity index (χ1v) is 48.9. The van der Waals surface area contributed by atoms with E-state index < -0.39 is 184 Å². The van der Waals surface area contributed by atoms with Crippen LogP contribution in [-0.2, 0) is 85.5 Å². The van der Waals surface area contributed by atoms with Crippen LogP contribution in [0, 0.1) is 0 Å². The van der Waals surface area contributed by atoms with E-state index in [4.69, 9.17) is 66.3 Å². The van der Waals surface area contributed by atoms with Crippen LogP contribution in [0.2, 0.25) is 0 Å². The first-order valence-electron chi connectivity index (χ1n) is 48.9. The second-order valence-electron chi connectivity index (χ2n) is 36.0. The Bertz CT molecular complexity index is 2630. The number of unbranched alkanes of at least 4 members (excludes halogenated alkanes) is 38. The molecule has 26 heteroatoms. The lowest BCUT2D eigenvalue weighted by Gasteiger charge is -2.51. The predicted molar refractivity (Wildman–Crippen MR) is 456 cm³/mol. The van der Waals surface area contributed by atoms with Gasteiger partial charge < -0.3 is 107 Å². The summed E-state index contributed by atoms with van der Waals surface area (Å²) in [5.74, 6) is -2.79. The summed E-state index contributed by atoms with van der Waals surface area (Å²) >= 11 is 0. The van der Waals surface area contributed by atoms with Crippen LogP contribution >= 0.6 is 0 Å². The zero-order valence-corrected chi connectivity index (χ0v) is 75.5. The number of carbonyl (C=O) groups is 4. The standard InChI is InChI=1S/C94H170O26/c1-9-13-17-20-23-26-29-32-35-38-43-48-54-60-71(96)113-82-66(6)108-90(79(104)78(82)103)117-84-68(8)110-94(118-83-67(7)109-91-81(106)86(83)115-73(98)62-56-51-46-41-42-47-53-59-69(58-52-16-12-4)111-93-87(119-91)77(102)75(100)65(5)107-93)89(116-74(99)63-57-50-45-40-37-34-31-28-25-22-19-15-11-3)88(84)120-92-80(105)85(76(101)70(64-95)112-92)114-72(97)61-55-49-44-39-36-33-30-27-24-21-18-14-10-2/h65-70,75-95,100-106H,9-64H2,1-8H3/t65-,66+,67+,68+,69-,70+,75-,76+,77+,78+,79+,80+,81+,82+,83-,84+,85-,86-,87-,88-,89+,90-,91-,92-,93+,94-/m1/s1. The number of aliphatic hydroxyl groups excluding tert-OH is 8. The lowest BCUT2D eigenvalue weighted by Crippen LogP contribution is -2.68. The van der Waals surface area contributed by atoms with E-state index in [0.717, 1.165) is 141 Å². The smallest absolute Gasteiger partial charge is 0.306 e. The topological polar surface area (TPSA) is 359 Å². The van der Waals surface area contributed by atoms with Crippen molar-refractivity contribution >= 4 is 23.9 Å². The van der Waals surface area contributed by atoms with E-state index in [1.54, 1.807) is 20.8 Å². The molecule has 702 valence electrons. The molecule has 26 nitrogen and oxygen atoms in total. The van der Waals surface area contributed by atoms with Crippen molar-refractivity contribution < 1.29 is 126 Å². The Morgan fingerprint density at radius 2 is 0.700 bits per heavy atom. The van der Waals surface area contributed by atoms with Crippen molar-refractivity contribution in [3.63, 3.8) is 0 Å². The van der Waals surface area contributed by atoms with Gasteiger partial charge >= 0.3 is 23.9 Å². The van der Waals surface area contributed by atoms with Gasteiger partial charge in [-0.1, -0.05) is 317 Å². The minimum Gasteiger partial charge on any atom is -0.457 e. The van der Waals surface area contributed by atoms with E-state index >= 15 is 0 Å². The van der Waals surface area contributed by atoms with Gasteiger partial charge in [-0.05, 0) is 66.2 Å². The third-order valence-corrected chi connectivity index (χ3v) is 25.4. The van der Waals surface area contributed by atoms with Crippen LogP contribution in [0.4, 0.5) is 0 Å². The molecule has 6 aliphatic rings. The minimum absolute atomic E-state index is 0.0455. The molecule has 0 amide bonds. The van der Waals surface area contributed by atoms with Crippen LogP contribution in [0.5, 0.6) is 0 Å². The van der Waals surface area contributed by atoms with Gasteiger partial charge in [-0.3, -0.25) is 19.2 Å². The molecule has 0 unspecified atom stereocenters. The third kappa shape index (κ3) is 38.6. The maximum absolute atomic E-state index is 14.9. The summed E-state index contributed by atoms with van der Waals surface area (Å²) in [5, 5.41) is 95.5. The molecule has 0 aromatic heterocycles. The molecule has 6 rings (SSSR count). The van der Waals surface area contributed by atoms with Crippen molar-refractivity contribution in [1.29, 1.82) is 0 Å². The third-order valence-electron chi connectivity index (χ3n) is 25.4. The summed E-state index contributed by atoms with van der Waals surface area (Å²) < 4.78 is 90.9. The summed E-state index contributed by atoms with van der Waals surface area (Å²) in [6.07, 6.45) is 11.9. The lowest BCUT2D eigenvalue weighted by molar-refractivity contribution is -0.400. The van der Waals surface area contributed by atoms with Gasteiger partial charge in [0.25, 0.3) is 0 Å². The molecule has 6 saturated heterocycles. The van der Waals surface area contributed by atoms with E-state index in [9.17, 15) is 60.0 Å². The van der Waals surface area contributed by atoms with Crippen molar-refractivity contribution in [2.75, 3.05) is 6.61 Å². The number of aliphatic hydroxyl groups is 8. The number of ether oxygens (including phenoxy) is 14. The Morgan fingerprint density at radius 3 is 1.18 bits per heavy atom. The van der Waals surface area contributed by atoms with Gasteiger partial charge in [0.15, 0.2) is 55.9 Å². The molecule has 6 aliphatic heterocycles. The SMILES string of the molecule is CCCCCCCCCCCCCCCC(=O)O[C@H]1[C@H](O)[C@@H](O[C@H]2[C@H](OC(=O)CCCCCCCCCCCCCCC)[C@@H](O[C@H]3[C@@H]4OC(=O)CCCCCCCCC[C@@H](CCCCC)O[C@@H]5O[C@H](C)[C@@H](O)[C@H](O)[C@H]5O[C@@H](O[C@H]3C)[C@H]4O)O[C@@H](C)[C@@H]2O[C@H]2O[C@@H](C)[C@H](OC(=O)CCCCCCCCCCCCCCC)[C@@H](O)[C@@H]2O)O[C@@H](CO)[C@@H]1O. The fourth-order valence-corrected chi connectivity index (χ4v) is 17.8. The predicted octanol–water partition coefficient (Wildman–Crippen LogP) is 16.3. The highest BCUT2D eigenvalue weighted by Crippen LogP contribution is 2.41. The highest BCUT2D eigenvalue weighted by Gasteiger charge is 2.59. The number of hydrogen-bond acceptors (Lipinski definition) is 26. The molecular formula is C94H170O26. The van der Waals surface area contributed by atoms with E-state index in [0.29, 0.717) is 51.4 Å². The molecule has 120 heavy (non-hydrogen) atoms. The van der Waals surface area contributed by atoms with Crippen LogP contribution in [0.3, 0.4) is 0 Å². The van der Waals surface area contributed by atoms with Crippen LogP contribution in [0.25, 0.3) is 0 Å². The number of fused-ring (bicyclic) bond motifs is 3. The first kappa shape index (κ1) is 106. The van der Waals surface area contributed by atoms with Gasteiger partial charge in [-0.2, -0.15) is 0 Å². The summed E-state index contributed by atoms with van der Waals surface area (Å²) in [5.41, 5.74) is 0. The molecule has 26 atom stereocenters. The van der Waals surface area contributed by atoms with Crippen LogP contribution in [0.1, 0.15) is 409 Å². The molecule has 0 aromatic rings. The number of hydrogen-bond donors (Lipinski definition) is 8. The fraction of sp³-hybridized carbons (Fsp3) is 0.957. The highest BCUT2D eigenvalue weighted by molar-refractivity contribution is 5.71. The van der Waals surface area contributed by atoms with Crippen LogP contribution in [0.15, 0.2) is 0 Å². The Labute approximate surface area is 721 Å². The van der Waals surface area contributed by atoms with Crippen molar-refractivity contribution in [2.45, 2.75) is 568 Å². The maximum Gasteiger partial charge on any atom is 0.306 e. The average Bonchev–Trinajstić information content (AvgIpc) is 0.760. The van der Waals surface area contributed by atoms with E-state index in [2.05, 4.69) is 27.7 Å². The van der Waals surface area contributed by atoms with Crippen molar-refractivity contribution in [1.82, 2.24) is 0 Å². The Balaban J connectivity index is 1.31. The second-order valence-corrected chi connectivity index (χ2v) is 36.0. The number of rotatable bonds is 56. The molecule has 2 bridgehead atoms. The summed E-state index contributed by atoms with van der Waals surface area (Å²) in [6.45, 7) is 14.2. The first-order chi connectivity index (χ1) is 58.2. The van der Waals surface area contributed by atoms with Crippen molar-refractivity contribution in [3.8, 4) is 0 Å². The van der Waals surface area contributed by atoms with Gasteiger partial charge in [-0.25, -0.2) is 0 Å². The summed E-state index contributed by atoms with van der Waals surface area (Å²) in [6, 6.07) is 0. The largest absolute Gasteiger partial charge is 0.457 e. The minimum atomic E-state index is -2.02. The van der Waals surface area contributed by atoms with Gasteiger partial charge in [0, 0.05) is 25.7 Å². The van der Waals surface area contributed by atoms with Crippen LogP contribution < -0.4 is 0 Å². The quantitative estimate of drug-likeness (QED) is 0.0159. The monoisotopic (exact) mass is 1720 g/mol. The zero-order chi connectivity index (χ0) is 86.8. The maximum atomic E-state index is 14.9. The zero-order valence-electron chi connectivity index (χ0n) is 75.5. The second kappa shape index (κ2) is 62.4. The average molecular weight is 1720 g/mol. The number of esters is 4. The summed E-state index contributed by atoms with van der Waals surface area (Å²) in [4.78, 5) is 56.7. The van der Waals surface area contributed by atoms with Crippen molar-refractivity contribution in [3.05, 3.63) is 0 Å². The summed E-state index contributed by atoms with van der Waals surface area (Å²) in [7, 11) is 0. The van der Waals surface area contributed by atoms with Crippen molar-refractivity contribution in [2.24, 2.45) is 0 Å². The molecule has 0 spiro atoms. The molecule has 8 N–H and O–H groups in total. The molecule has 6 heterocycles. The van der Waals surface area contributed by atoms with E-state index in [1.165, 1.54) is 142 Å². The van der Waals surface area contributed by atoms with Crippen LogP contribution in [-0.4, -0.2) is 231 Å². The highest BCUT2D eigenvalue weighted by atomic mass is 16.8. The Morgan fingerprint density at radius 1 is 0.317 bits per heavy atom. The Kier molecular flexibility index (Phi) is 55.1. The van der Waals surface area contributed by atoms with E-state index in [-0.39, 0.29) is 31.8 Å². The van der Waals surface area contributed by atoms with Gasteiger partial charge in [-0.15, -0.1) is 0 Å². The van der Waals surface area contributed by atoms with Gasteiger partial charge in [0.2, 0.25) is 0 Å². The molecule has 0 aliphatic carbocycles. The molecule has 0 radical (unpaired) electrons. The number of carbonyl (C=O) groups excluding carboxylic acids is 4. The van der Waals surface area contributed by atoms with Gasteiger partial charge in [0.1, 0.15) is 73.2 Å². The molecule has 6 fully saturated rings.